The van der Waals surface area contributed by atoms with Crippen molar-refractivity contribution in [3.8, 4) is 0 Å². The number of rotatable bonds is 3. The summed E-state index contributed by atoms with van der Waals surface area (Å²) in [5.74, 6) is -1.94. The van der Waals surface area contributed by atoms with Crippen LogP contribution in [0.5, 0.6) is 0 Å². The van der Waals surface area contributed by atoms with E-state index in [1.807, 2.05) is 20.8 Å². The van der Waals surface area contributed by atoms with Crippen molar-refractivity contribution in [2.24, 2.45) is 0 Å². The van der Waals surface area contributed by atoms with Crippen molar-refractivity contribution >= 4 is 26.5 Å². The SMILES string of the molecule is CC(C)(C)c1nnc(NS(=O)(=O)c2cc(F)cc(F)c2)s1. The highest BCUT2D eigenvalue weighted by Crippen LogP contribution is 2.29. The molecule has 1 aromatic heterocycles. The Morgan fingerprint density at radius 1 is 1.10 bits per heavy atom. The number of aromatic nitrogens is 2. The number of nitrogens with one attached hydrogen (secondary N) is 1. The first-order valence-corrected chi connectivity index (χ1v) is 8.21. The van der Waals surface area contributed by atoms with E-state index in [9.17, 15) is 17.2 Å². The Hall–Kier alpha value is -1.61. The van der Waals surface area contributed by atoms with Gasteiger partial charge < -0.3 is 0 Å². The van der Waals surface area contributed by atoms with E-state index in [1.165, 1.54) is 0 Å². The molecule has 2 aromatic rings. The van der Waals surface area contributed by atoms with E-state index >= 15 is 0 Å². The molecule has 9 heteroatoms. The summed E-state index contributed by atoms with van der Waals surface area (Å²) in [5.41, 5.74) is -0.272. The van der Waals surface area contributed by atoms with Crippen LogP contribution in [0.3, 0.4) is 0 Å². The molecule has 0 aliphatic rings. The second kappa shape index (κ2) is 5.30. The third-order valence-electron chi connectivity index (χ3n) is 2.43. The topological polar surface area (TPSA) is 72.0 Å². The zero-order chi connectivity index (χ0) is 15.8. The lowest BCUT2D eigenvalue weighted by atomic mass is 9.98. The summed E-state index contributed by atoms with van der Waals surface area (Å²) in [6.45, 7) is 5.73. The fourth-order valence-corrected chi connectivity index (χ4v) is 3.50. The minimum Gasteiger partial charge on any atom is -0.253 e. The third kappa shape index (κ3) is 3.73. The lowest BCUT2D eigenvalue weighted by molar-refractivity contribution is 0.568. The van der Waals surface area contributed by atoms with Gasteiger partial charge in [0.05, 0.1) is 4.90 Å². The van der Waals surface area contributed by atoms with Gasteiger partial charge in [-0.3, -0.25) is 4.72 Å². The van der Waals surface area contributed by atoms with Gasteiger partial charge in [0.25, 0.3) is 10.0 Å². The Morgan fingerprint density at radius 2 is 1.67 bits per heavy atom. The first-order valence-electron chi connectivity index (χ1n) is 5.91. The average molecular weight is 333 g/mol. The zero-order valence-electron chi connectivity index (χ0n) is 11.5. The Bertz CT molecular complexity index is 747. The molecule has 0 amide bonds. The van der Waals surface area contributed by atoms with Gasteiger partial charge in [-0.25, -0.2) is 17.2 Å². The minimum atomic E-state index is -4.11. The number of hydrogen-bond acceptors (Lipinski definition) is 5. The Balaban J connectivity index is 2.31. The molecule has 0 atom stereocenters. The van der Waals surface area contributed by atoms with Gasteiger partial charge in [0.15, 0.2) is 0 Å². The molecular formula is C12H13F2N3O2S2. The summed E-state index contributed by atoms with van der Waals surface area (Å²) in [6, 6.07) is 2.07. The monoisotopic (exact) mass is 333 g/mol. The highest BCUT2D eigenvalue weighted by Gasteiger charge is 2.22. The summed E-state index contributed by atoms with van der Waals surface area (Å²) in [6.07, 6.45) is 0. The maximum atomic E-state index is 13.1. The number of nitrogens with zero attached hydrogens (tertiary/aromatic N) is 2. The number of sulfonamides is 1. The van der Waals surface area contributed by atoms with Gasteiger partial charge in [0.2, 0.25) is 5.13 Å². The fourth-order valence-electron chi connectivity index (χ4n) is 1.43. The molecule has 1 N–H and O–H groups in total. The second-order valence-corrected chi connectivity index (χ2v) is 8.03. The Morgan fingerprint density at radius 3 is 2.14 bits per heavy atom. The van der Waals surface area contributed by atoms with Crippen LogP contribution in [0.15, 0.2) is 23.1 Å². The van der Waals surface area contributed by atoms with Gasteiger partial charge in [-0.2, -0.15) is 0 Å². The molecule has 0 aliphatic heterocycles. The van der Waals surface area contributed by atoms with Crippen LogP contribution in [0, 0.1) is 11.6 Å². The molecule has 1 heterocycles. The van der Waals surface area contributed by atoms with Crippen LogP contribution in [0.25, 0.3) is 0 Å². The van der Waals surface area contributed by atoms with Gasteiger partial charge >= 0.3 is 0 Å². The highest BCUT2D eigenvalue weighted by molar-refractivity contribution is 7.93. The summed E-state index contributed by atoms with van der Waals surface area (Å²) < 4.78 is 52.5. The second-order valence-electron chi connectivity index (χ2n) is 5.37. The molecule has 5 nitrogen and oxygen atoms in total. The number of halogens is 2. The van der Waals surface area contributed by atoms with Crippen molar-refractivity contribution in [3.63, 3.8) is 0 Å². The first-order chi connectivity index (χ1) is 9.58. The summed E-state index contributed by atoms with van der Waals surface area (Å²) in [5, 5.41) is 8.31. The van der Waals surface area contributed by atoms with Crippen molar-refractivity contribution in [2.45, 2.75) is 31.1 Å². The molecular weight excluding hydrogens is 320 g/mol. The van der Waals surface area contributed by atoms with Crippen LogP contribution in [-0.4, -0.2) is 18.6 Å². The van der Waals surface area contributed by atoms with E-state index in [4.69, 9.17) is 0 Å². The standard InChI is InChI=1S/C12H13F2N3O2S2/c1-12(2,3)10-15-16-11(20-10)17-21(18,19)9-5-7(13)4-8(14)6-9/h4-6H,1-3H3,(H,16,17). The number of benzene rings is 1. The largest absolute Gasteiger partial charge is 0.263 e. The number of anilines is 1. The van der Waals surface area contributed by atoms with E-state index in [1.54, 1.807) is 0 Å². The summed E-state index contributed by atoms with van der Waals surface area (Å²) >= 11 is 1.07. The summed E-state index contributed by atoms with van der Waals surface area (Å²) in [4.78, 5) is -0.507. The van der Waals surface area contributed by atoms with Crippen LogP contribution in [0.4, 0.5) is 13.9 Å². The van der Waals surface area contributed by atoms with Gasteiger partial charge in [-0.1, -0.05) is 32.1 Å². The molecule has 114 valence electrons. The molecule has 0 spiro atoms. The Kier molecular flexibility index (Phi) is 3.98. The van der Waals surface area contributed by atoms with E-state index in [2.05, 4.69) is 14.9 Å². The van der Waals surface area contributed by atoms with Gasteiger partial charge in [-0.15, -0.1) is 10.2 Å². The third-order valence-corrected chi connectivity index (χ3v) is 5.15. The predicted molar refractivity (Wildman–Crippen MR) is 75.8 cm³/mol. The molecule has 0 bridgehead atoms. The van der Waals surface area contributed by atoms with Crippen molar-refractivity contribution in [1.29, 1.82) is 0 Å². The van der Waals surface area contributed by atoms with Crippen LogP contribution in [-0.2, 0) is 15.4 Å². The fraction of sp³-hybridized carbons (Fsp3) is 0.333. The van der Waals surface area contributed by atoms with Crippen molar-refractivity contribution in [1.82, 2.24) is 10.2 Å². The van der Waals surface area contributed by atoms with E-state index < -0.39 is 26.6 Å². The molecule has 0 fully saturated rings. The molecule has 1 aromatic carbocycles. The molecule has 0 saturated heterocycles. The lowest BCUT2D eigenvalue weighted by Crippen LogP contribution is -2.13. The quantitative estimate of drug-likeness (QED) is 0.937. The summed E-state index contributed by atoms with van der Waals surface area (Å²) in [7, 11) is -4.11. The van der Waals surface area contributed by atoms with E-state index in [-0.39, 0.29) is 10.5 Å². The zero-order valence-corrected chi connectivity index (χ0v) is 13.1. The average Bonchev–Trinajstić information content (AvgIpc) is 2.75. The first kappa shape index (κ1) is 15.8. The smallest absolute Gasteiger partial charge is 0.253 e. The van der Waals surface area contributed by atoms with Crippen molar-refractivity contribution < 1.29 is 17.2 Å². The molecule has 0 radical (unpaired) electrons. The predicted octanol–water partition coefficient (Wildman–Crippen LogP) is 2.91. The van der Waals surface area contributed by atoms with Crippen LogP contribution in [0.1, 0.15) is 25.8 Å². The normalized spacial score (nSPS) is 12.4. The maximum absolute atomic E-state index is 13.1. The van der Waals surface area contributed by atoms with Crippen LogP contribution >= 0.6 is 11.3 Å². The van der Waals surface area contributed by atoms with Crippen molar-refractivity contribution in [2.75, 3.05) is 4.72 Å². The molecule has 0 aliphatic carbocycles. The van der Waals surface area contributed by atoms with Crippen LogP contribution in [0.2, 0.25) is 0 Å². The Labute approximate surface area is 125 Å². The van der Waals surface area contributed by atoms with Gasteiger partial charge in [0, 0.05) is 11.5 Å². The molecule has 2 rings (SSSR count). The van der Waals surface area contributed by atoms with Gasteiger partial charge in [-0.05, 0) is 12.1 Å². The minimum absolute atomic E-state index is 0.0459. The van der Waals surface area contributed by atoms with Gasteiger partial charge in [0.1, 0.15) is 16.6 Å². The molecule has 0 unspecified atom stereocenters. The van der Waals surface area contributed by atoms with E-state index in [0.29, 0.717) is 11.1 Å². The molecule has 21 heavy (non-hydrogen) atoms. The molecule has 0 saturated carbocycles. The number of hydrogen-bond donors (Lipinski definition) is 1. The lowest BCUT2D eigenvalue weighted by Gasteiger charge is -2.12. The van der Waals surface area contributed by atoms with Crippen molar-refractivity contribution in [3.05, 3.63) is 34.8 Å². The highest BCUT2D eigenvalue weighted by atomic mass is 32.2. The van der Waals surface area contributed by atoms with Crippen LogP contribution < -0.4 is 4.72 Å². The maximum Gasteiger partial charge on any atom is 0.263 e. The van der Waals surface area contributed by atoms with E-state index in [0.717, 1.165) is 23.5 Å².